The SMILES string of the molecule is CCN(CC)C(=O)COc1ccc(S(=O)(=O)N(CC)CC)cc1C. The number of amides is 1. The van der Waals surface area contributed by atoms with Gasteiger partial charge in [-0.3, -0.25) is 4.79 Å². The van der Waals surface area contributed by atoms with Crippen LogP contribution in [0.1, 0.15) is 33.3 Å². The molecular formula is C17H28N2O4S. The van der Waals surface area contributed by atoms with Crippen molar-refractivity contribution in [1.82, 2.24) is 9.21 Å². The lowest BCUT2D eigenvalue weighted by molar-refractivity contribution is -0.132. The van der Waals surface area contributed by atoms with Crippen LogP contribution in [0.25, 0.3) is 0 Å². The highest BCUT2D eigenvalue weighted by Gasteiger charge is 2.22. The van der Waals surface area contributed by atoms with Gasteiger partial charge in [0.25, 0.3) is 5.91 Å². The maximum absolute atomic E-state index is 12.5. The summed E-state index contributed by atoms with van der Waals surface area (Å²) in [6.45, 7) is 11.3. The summed E-state index contributed by atoms with van der Waals surface area (Å²) < 4.78 is 32.0. The van der Waals surface area contributed by atoms with E-state index >= 15 is 0 Å². The molecular weight excluding hydrogens is 328 g/mol. The number of sulfonamides is 1. The largest absolute Gasteiger partial charge is 0.483 e. The average molecular weight is 356 g/mol. The summed E-state index contributed by atoms with van der Waals surface area (Å²) in [6, 6.07) is 4.73. The van der Waals surface area contributed by atoms with Gasteiger partial charge in [0.05, 0.1) is 4.90 Å². The first-order valence-corrected chi connectivity index (χ1v) is 9.77. The third kappa shape index (κ3) is 4.70. The van der Waals surface area contributed by atoms with Crippen LogP contribution in [0.4, 0.5) is 0 Å². The van der Waals surface area contributed by atoms with Gasteiger partial charge in [0.2, 0.25) is 10.0 Å². The zero-order valence-corrected chi connectivity index (χ0v) is 16.0. The van der Waals surface area contributed by atoms with Crippen molar-refractivity contribution in [1.29, 1.82) is 0 Å². The molecule has 0 saturated heterocycles. The molecule has 0 bridgehead atoms. The number of hydrogen-bond acceptors (Lipinski definition) is 4. The molecule has 1 aromatic carbocycles. The molecule has 1 rings (SSSR count). The number of carbonyl (C=O) groups is 1. The normalized spacial score (nSPS) is 11.6. The fraction of sp³-hybridized carbons (Fsp3) is 0.588. The van der Waals surface area contributed by atoms with E-state index in [1.807, 2.05) is 27.7 Å². The lowest BCUT2D eigenvalue weighted by Crippen LogP contribution is -2.34. The molecule has 0 unspecified atom stereocenters. The lowest BCUT2D eigenvalue weighted by Gasteiger charge is -2.20. The minimum absolute atomic E-state index is 0.0509. The van der Waals surface area contributed by atoms with Crippen LogP contribution in [0.3, 0.4) is 0 Å². The van der Waals surface area contributed by atoms with Gasteiger partial charge in [-0.25, -0.2) is 8.42 Å². The maximum atomic E-state index is 12.5. The molecule has 0 N–H and O–H groups in total. The molecule has 6 nitrogen and oxygen atoms in total. The van der Waals surface area contributed by atoms with E-state index in [1.165, 1.54) is 10.4 Å². The van der Waals surface area contributed by atoms with E-state index in [2.05, 4.69) is 0 Å². The molecule has 1 amide bonds. The van der Waals surface area contributed by atoms with Gasteiger partial charge in [-0.1, -0.05) is 13.8 Å². The smallest absolute Gasteiger partial charge is 0.260 e. The standard InChI is InChI=1S/C17H28N2O4S/c1-6-18(7-2)17(20)13-23-16-11-10-15(12-14(16)5)24(21,22)19(8-3)9-4/h10-12H,6-9,13H2,1-5H3. The molecule has 0 atom stereocenters. The first-order chi connectivity index (χ1) is 11.3. The summed E-state index contributed by atoms with van der Waals surface area (Å²) in [4.78, 5) is 13.9. The Bertz CT molecular complexity index is 651. The Morgan fingerprint density at radius 1 is 1.04 bits per heavy atom. The summed E-state index contributed by atoms with van der Waals surface area (Å²) in [6.07, 6.45) is 0. The summed E-state index contributed by atoms with van der Waals surface area (Å²) in [5.41, 5.74) is 0.690. The molecule has 24 heavy (non-hydrogen) atoms. The number of hydrogen-bond donors (Lipinski definition) is 0. The maximum Gasteiger partial charge on any atom is 0.260 e. The number of likely N-dealkylation sites (N-methyl/N-ethyl adjacent to an activating group) is 1. The van der Waals surface area contributed by atoms with Crippen LogP contribution in [0.15, 0.2) is 23.1 Å². The number of ether oxygens (including phenoxy) is 1. The summed E-state index contributed by atoms with van der Waals surface area (Å²) in [5.74, 6) is 0.438. The van der Waals surface area contributed by atoms with E-state index in [0.717, 1.165) is 0 Å². The highest BCUT2D eigenvalue weighted by Crippen LogP contribution is 2.24. The van der Waals surface area contributed by atoms with Crippen LogP contribution in [0, 0.1) is 6.92 Å². The van der Waals surface area contributed by atoms with Crippen molar-refractivity contribution in [2.75, 3.05) is 32.8 Å². The van der Waals surface area contributed by atoms with Gasteiger partial charge >= 0.3 is 0 Å². The molecule has 0 aromatic heterocycles. The van der Waals surface area contributed by atoms with Crippen molar-refractivity contribution < 1.29 is 17.9 Å². The Morgan fingerprint density at radius 2 is 1.62 bits per heavy atom. The quantitative estimate of drug-likeness (QED) is 0.681. The molecule has 0 spiro atoms. The number of benzene rings is 1. The van der Waals surface area contributed by atoms with Crippen molar-refractivity contribution in [2.24, 2.45) is 0 Å². The van der Waals surface area contributed by atoms with E-state index in [0.29, 0.717) is 37.5 Å². The number of carbonyl (C=O) groups excluding carboxylic acids is 1. The molecule has 0 fully saturated rings. The van der Waals surface area contributed by atoms with Gasteiger partial charge < -0.3 is 9.64 Å². The van der Waals surface area contributed by atoms with Crippen LogP contribution in [-0.4, -0.2) is 56.3 Å². The van der Waals surface area contributed by atoms with Gasteiger partial charge in [0.1, 0.15) is 5.75 Å². The second kappa shape index (κ2) is 9.03. The second-order valence-corrected chi connectivity index (χ2v) is 7.31. The van der Waals surface area contributed by atoms with Gasteiger partial charge in [0.15, 0.2) is 6.61 Å². The van der Waals surface area contributed by atoms with Crippen LogP contribution < -0.4 is 4.74 Å². The van der Waals surface area contributed by atoms with Crippen molar-refractivity contribution in [2.45, 2.75) is 39.5 Å². The summed E-state index contributed by atoms with van der Waals surface area (Å²) in [5, 5.41) is 0. The molecule has 1 aromatic rings. The fourth-order valence-corrected chi connectivity index (χ4v) is 4.01. The Balaban J connectivity index is 2.91. The third-order valence-electron chi connectivity index (χ3n) is 3.96. The predicted octanol–water partition coefficient (Wildman–Crippen LogP) is 2.27. The number of nitrogens with zero attached hydrogens (tertiary/aromatic N) is 2. The summed E-state index contributed by atoms with van der Waals surface area (Å²) >= 11 is 0. The minimum Gasteiger partial charge on any atom is -0.483 e. The molecule has 0 aliphatic heterocycles. The highest BCUT2D eigenvalue weighted by molar-refractivity contribution is 7.89. The highest BCUT2D eigenvalue weighted by atomic mass is 32.2. The van der Waals surface area contributed by atoms with E-state index < -0.39 is 10.0 Å². The summed E-state index contributed by atoms with van der Waals surface area (Å²) in [7, 11) is -3.49. The fourth-order valence-electron chi connectivity index (χ4n) is 2.46. The Kier molecular flexibility index (Phi) is 7.69. The second-order valence-electron chi connectivity index (χ2n) is 5.37. The van der Waals surface area contributed by atoms with Crippen LogP contribution in [0.5, 0.6) is 5.75 Å². The number of rotatable bonds is 9. The van der Waals surface area contributed by atoms with Crippen LogP contribution >= 0.6 is 0 Å². The zero-order valence-electron chi connectivity index (χ0n) is 15.2. The van der Waals surface area contributed by atoms with Crippen molar-refractivity contribution in [3.8, 4) is 5.75 Å². The number of aryl methyl sites for hydroxylation is 1. The monoisotopic (exact) mass is 356 g/mol. The average Bonchev–Trinajstić information content (AvgIpc) is 2.55. The van der Waals surface area contributed by atoms with E-state index in [4.69, 9.17) is 4.74 Å². The van der Waals surface area contributed by atoms with Gasteiger partial charge in [0, 0.05) is 26.2 Å². The molecule has 0 radical (unpaired) electrons. The van der Waals surface area contributed by atoms with Gasteiger partial charge in [-0.2, -0.15) is 4.31 Å². The van der Waals surface area contributed by atoms with Crippen LogP contribution in [0.2, 0.25) is 0 Å². The first-order valence-electron chi connectivity index (χ1n) is 8.33. The molecule has 0 aliphatic carbocycles. The molecule has 0 aliphatic rings. The Morgan fingerprint density at radius 3 is 2.08 bits per heavy atom. The van der Waals surface area contributed by atoms with Crippen molar-refractivity contribution in [3.05, 3.63) is 23.8 Å². The van der Waals surface area contributed by atoms with E-state index in [-0.39, 0.29) is 17.4 Å². The topological polar surface area (TPSA) is 66.9 Å². The minimum atomic E-state index is -3.49. The van der Waals surface area contributed by atoms with Gasteiger partial charge in [-0.15, -0.1) is 0 Å². The third-order valence-corrected chi connectivity index (χ3v) is 6.00. The lowest BCUT2D eigenvalue weighted by atomic mass is 10.2. The van der Waals surface area contributed by atoms with Crippen molar-refractivity contribution >= 4 is 15.9 Å². The molecule has 136 valence electrons. The van der Waals surface area contributed by atoms with Crippen molar-refractivity contribution in [3.63, 3.8) is 0 Å². The molecule has 7 heteroatoms. The van der Waals surface area contributed by atoms with E-state index in [1.54, 1.807) is 24.0 Å². The first kappa shape index (κ1) is 20.4. The van der Waals surface area contributed by atoms with E-state index in [9.17, 15) is 13.2 Å². The molecule has 0 saturated carbocycles. The Hall–Kier alpha value is -1.60. The predicted molar refractivity (Wildman–Crippen MR) is 94.7 cm³/mol. The van der Waals surface area contributed by atoms with Crippen LogP contribution in [-0.2, 0) is 14.8 Å². The van der Waals surface area contributed by atoms with Gasteiger partial charge in [-0.05, 0) is 44.5 Å². The zero-order chi connectivity index (χ0) is 18.3. The Labute approximate surface area is 145 Å². The molecule has 0 heterocycles.